The molecule has 2 aromatic rings. The van der Waals surface area contributed by atoms with E-state index in [1.54, 1.807) is 24.3 Å². The number of rotatable bonds is 3. The molecule has 1 amide bonds. The van der Waals surface area contributed by atoms with Gasteiger partial charge in [0.25, 0.3) is 5.69 Å². The third-order valence-electron chi connectivity index (χ3n) is 2.51. The average molecular weight is 255 g/mol. The van der Waals surface area contributed by atoms with E-state index in [2.05, 4.69) is 11.4 Å². The van der Waals surface area contributed by atoms with Crippen molar-refractivity contribution in [2.24, 2.45) is 0 Å². The molecule has 0 atom stereocenters. The van der Waals surface area contributed by atoms with E-state index in [-0.39, 0.29) is 11.6 Å². The summed E-state index contributed by atoms with van der Waals surface area (Å²) in [5.41, 5.74) is 2.16. The van der Waals surface area contributed by atoms with Crippen molar-refractivity contribution in [2.75, 3.05) is 5.32 Å². The molecular weight excluding hydrogens is 244 g/mol. The van der Waals surface area contributed by atoms with E-state index < -0.39 is 4.92 Å². The van der Waals surface area contributed by atoms with Gasteiger partial charge in [0, 0.05) is 24.7 Å². The minimum absolute atomic E-state index is 0.0275. The zero-order chi connectivity index (χ0) is 13.8. The Hall–Kier alpha value is -2.69. The van der Waals surface area contributed by atoms with Crippen LogP contribution in [0, 0.1) is 16.2 Å². The molecule has 0 aliphatic carbocycles. The maximum Gasteiger partial charge on any atom is 0.270 e. The Morgan fingerprint density at radius 1 is 1.26 bits per heavy atom. The SMILES string of the molecule is CC(=O)Nc1ccc(-c2[c]ccc([N+](=O)[O-])c2)cc1. The molecule has 0 aromatic heterocycles. The second-order valence-electron chi connectivity index (χ2n) is 3.98. The molecule has 0 bridgehead atoms. The van der Waals surface area contributed by atoms with Crippen molar-refractivity contribution >= 4 is 17.3 Å². The second kappa shape index (κ2) is 5.30. The lowest BCUT2D eigenvalue weighted by atomic mass is 10.0. The lowest BCUT2D eigenvalue weighted by molar-refractivity contribution is -0.384. The van der Waals surface area contributed by atoms with Crippen LogP contribution in [-0.2, 0) is 4.79 Å². The van der Waals surface area contributed by atoms with Gasteiger partial charge in [-0.1, -0.05) is 12.1 Å². The zero-order valence-corrected chi connectivity index (χ0v) is 10.2. The molecule has 2 aromatic carbocycles. The van der Waals surface area contributed by atoms with Crippen molar-refractivity contribution in [1.82, 2.24) is 0 Å². The molecule has 0 heterocycles. The molecule has 1 N–H and O–H groups in total. The van der Waals surface area contributed by atoms with Gasteiger partial charge in [0.15, 0.2) is 0 Å². The van der Waals surface area contributed by atoms with Crippen molar-refractivity contribution in [3.8, 4) is 11.1 Å². The fraction of sp³-hybridized carbons (Fsp3) is 0.0714. The number of anilines is 1. The summed E-state index contributed by atoms with van der Waals surface area (Å²) in [5, 5.41) is 13.4. The summed E-state index contributed by atoms with van der Waals surface area (Å²) in [6.45, 7) is 1.43. The minimum Gasteiger partial charge on any atom is -0.326 e. The van der Waals surface area contributed by atoms with E-state index in [0.717, 1.165) is 5.56 Å². The highest BCUT2D eigenvalue weighted by molar-refractivity contribution is 5.89. The lowest BCUT2D eigenvalue weighted by Gasteiger charge is -2.04. The van der Waals surface area contributed by atoms with Gasteiger partial charge in [0.1, 0.15) is 0 Å². The summed E-state index contributed by atoms with van der Waals surface area (Å²) in [6.07, 6.45) is 0. The highest BCUT2D eigenvalue weighted by Crippen LogP contribution is 2.24. The molecule has 0 aliphatic heterocycles. The van der Waals surface area contributed by atoms with Crippen molar-refractivity contribution in [3.05, 3.63) is 58.6 Å². The van der Waals surface area contributed by atoms with Crippen LogP contribution in [0.3, 0.4) is 0 Å². The summed E-state index contributed by atoms with van der Waals surface area (Å²) >= 11 is 0. The van der Waals surface area contributed by atoms with Gasteiger partial charge in [0.05, 0.1) is 4.92 Å². The fourth-order valence-electron chi connectivity index (χ4n) is 1.67. The molecule has 5 nitrogen and oxygen atoms in total. The first-order valence-corrected chi connectivity index (χ1v) is 5.60. The number of nitro benzene ring substituents is 1. The van der Waals surface area contributed by atoms with E-state index in [0.29, 0.717) is 11.3 Å². The van der Waals surface area contributed by atoms with Gasteiger partial charge in [-0.25, -0.2) is 0 Å². The molecule has 0 aliphatic rings. The van der Waals surface area contributed by atoms with Crippen LogP contribution in [0.2, 0.25) is 0 Å². The lowest BCUT2D eigenvalue weighted by Crippen LogP contribution is -2.05. The summed E-state index contributed by atoms with van der Waals surface area (Å²) in [6, 6.07) is 14.4. The summed E-state index contributed by atoms with van der Waals surface area (Å²) in [7, 11) is 0. The van der Waals surface area contributed by atoms with Crippen LogP contribution in [0.1, 0.15) is 6.92 Å². The quantitative estimate of drug-likeness (QED) is 0.676. The highest BCUT2D eigenvalue weighted by atomic mass is 16.6. The molecular formula is C14H11N2O3. The number of hydrogen-bond acceptors (Lipinski definition) is 3. The normalized spacial score (nSPS) is 9.95. The standard InChI is InChI=1S/C14H11N2O3/c1-10(17)15-13-7-5-11(6-8-13)12-3-2-4-14(9-12)16(18)19/h2,4-9H,1H3,(H,15,17). The molecule has 95 valence electrons. The predicted octanol–water partition coefficient (Wildman–Crippen LogP) is 3.02. The smallest absolute Gasteiger partial charge is 0.270 e. The number of hydrogen-bond donors (Lipinski definition) is 1. The number of nitro groups is 1. The first kappa shape index (κ1) is 12.8. The summed E-state index contributed by atoms with van der Waals surface area (Å²) in [4.78, 5) is 21.2. The van der Waals surface area contributed by atoms with Crippen LogP contribution < -0.4 is 5.32 Å². The van der Waals surface area contributed by atoms with Crippen LogP contribution >= 0.6 is 0 Å². The van der Waals surface area contributed by atoms with Crippen LogP contribution in [0.5, 0.6) is 0 Å². The van der Waals surface area contributed by atoms with E-state index in [9.17, 15) is 14.9 Å². The number of nitrogens with zero attached hydrogens (tertiary/aromatic N) is 1. The number of benzene rings is 2. The van der Waals surface area contributed by atoms with E-state index in [1.807, 2.05) is 0 Å². The van der Waals surface area contributed by atoms with Crippen molar-refractivity contribution in [2.45, 2.75) is 6.92 Å². The molecule has 5 heteroatoms. The Morgan fingerprint density at radius 2 is 1.95 bits per heavy atom. The van der Waals surface area contributed by atoms with Gasteiger partial charge in [-0.05, 0) is 35.4 Å². The van der Waals surface area contributed by atoms with Gasteiger partial charge >= 0.3 is 0 Å². The maximum absolute atomic E-state index is 10.9. The van der Waals surface area contributed by atoms with Crippen LogP contribution in [0.15, 0.2) is 42.5 Å². The summed E-state index contributed by atoms with van der Waals surface area (Å²) < 4.78 is 0. The topological polar surface area (TPSA) is 72.2 Å². The Labute approximate surface area is 110 Å². The third kappa shape index (κ3) is 3.16. The number of non-ortho nitro benzene ring substituents is 1. The molecule has 0 fully saturated rings. The van der Waals surface area contributed by atoms with Crippen LogP contribution in [0.4, 0.5) is 11.4 Å². The van der Waals surface area contributed by atoms with E-state index in [1.165, 1.54) is 25.1 Å². The first-order chi connectivity index (χ1) is 9.06. The van der Waals surface area contributed by atoms with Crippen molar-refractivity contribution < 1.29 is 9.72 Å². The number of amides is 1. The average Bonchev–Trinajstić information content (AvgIpc) is 2.39. The third-order valence-corrected chi connectivity index (χ3v) is 2.51. The summed E-state index contributed by atoms with van der Waals surface area (Å²) in [5.74, 6) is -0.144. The molecule has 0 saturated heterocycles. The van der Waals surface area contributed by atoms with E-state index >= 15 is 0 Å². The van der Waals surface area contributed by atoms with Crippen molar-refractivity contribution in [3.63, 3.8) is 0 Å². The second-order valence-corrected chi connectivity index (χ2v) is 3.98. The van der Waals surface area contributed by atoms with Gasteiger partial charge in [-0.3, -0.25) is 14.9 Å². The van der Waals surface area contributed by atoms with Gasteiger partial charge in [-0.15, -0.1) is 0 Å². The largest absolute Gasteiger partial charge is 0.326 e. The monoisotopic (exact) mass is 255 g/mol. The Balaban J connectivity index is 2.29. The molecule has 0 saturated carbocycles. The Kier molecular flexibility index (Phi) is 3.56. The molecule has 19 heavy (non-hydrogen) atoms. The van der Waals surface area contributed by atoms with Gasteiger partial charge < -0.3 is 5.32 Å². The van der Waals surface area contributed by atoms with E-state index in [4.69, 9.17) is 0 Å². The Morgan fingerprint density at radius 3 is 2.53 bits per heavy atom. The van der Waals surface area contributed by atoms with Crippen LogP contribution in [-0.4, -0.2) is 10.8 Å². The minimum atomic E-state index is -0.441. The molecule has 2 rings (SSSR count). The molecule has 0 spiro atoms. The van der Waals surface area contributed by atoms with Crippen LogP contribution in [0.25, 0.3) is 11.1 Å². The first-order valence-electron chi connectivity index (χ1n) is 5.60. The maximum atomic E-state index is 10.9. The fourth-order valence-corrected chi connectivity index (χ4v) is 1.67. The number of carbonyl (C=O) groups excluding carboxylic acids is 1. The molecule has 1 radical (unpaired) electrons. The van der Waals surface area contributed by atoms with Crippen molar-refractivity contribution in [1.29, 1.82) is 0 Å². The van der Waals surface area contributed by atoms with Gasteiger partial charge in [-0.2, -0.15) is 0 Å². The number of nitrogens with one attached hydrogen (secondary N) is 1. The highest BCUT2D eigenvalue weighted by Gasteiger charge is 2.07. The number of carbonyl (C=O) groups is 1. The predicted molar refractivity (Wildman–Crippen MR) is 71.7 cm³/mol. The van der Waals surface area contributed by atoms with Gasteiger partial charge in [0.2, 0.25) is 5.91 Å². The Bertz CT molecular complexity index is 621. The molecule has 0 unspecified atom stereocenters. The zero-order valence-electron chi connectivity index (χ0n) is 10.2.